The summed E-state index contributed by atoms with van der Waals surface area (Å²) in [5, 5.41) is 0. The minimum absolute atomic E-state index is 0.0226. The first kappa shape index (κ1) is 33.6. The van der Waals surface area contributed by atoms with Crippen LogP contribution in [-0.4, -0.2) is 61.8 Å². The molecular weight excluding hydrogens is 568 g/mol. The molecule has 7 heteroatoms. The summed E-state index contributed by atoms with van der Waals surface area (Å²) in [5.41, 5.74) is 0.0415. The first-order valence-electron chi connectivity index (χ1n) is 17.6. The summed E-state index contributed by atoms with van der Waals surface area (Å²) in [6, 6.07) is 0. The molecule has 0 aromatic carbocycles. The summed E-state index contributed by atoms with van der Waals surface area (Å²) < 4.78 is 32.7. The molecule has 0 spiro atoms. The van der Waals surface area contributed by atoms with Crippen LogP contribution in [-0.2, 0) is 33.3 Å². The van der Waals surface area contributed by atoms with Crippen molar-refractivity contribution in [3.05, 3.63) is 12.2 Å². The van der Waals surface area contributed by atoms with Gasteiger partial charge in [-0.25, -0.2) is 0 Å². The zero-order valence-electron chi connectivity index (χ0n) is 30.0. The third-order valence-corrected chi connectivity index (χ3v) is 13.7. The fourth-order valence-corrected chi connectivity index (χ4v) is 10.3. The highest BCUT2D eigenvalue weighted by atomic mass is 16.6. The Morgan fingerprint density at radius 3 is 1.36 bits per heavy atom. The predicted octanol–water partition coefficient (Wildman–Crippen LogP) is 7.15. The molecule has 0 unspecified atom stereocenters. The van der Waals surface area contributed by atoms with Gasteiger partial charge in [-0.1, -0.05) is 95.2 Å². The molecule has 0 aromatic heterocycles. The normalized spacial score (nSPS) is 46.2. The van der Waals surface area contributed by atoms with E-state index < -0.39 is 36.0 Å². The quantitative estimate of drug-likeness (QED) is 0.160. The van der Waals surface area contributed by atoms with Crippen LogP contribution in [0.2, 0.25) is 0 Å². The van der Waals surface area contributed by atoms with Gasteiger partial charge in [0.15, 0.2) is 0 Å². The molecule has 45 heavy (non-hydrogen) atoms. The van der Waals surface area contributed by atoms with Crippen molar-refractivity contribution in [1.29, 1.82) is 0 Å². The van der Waals surface area contributed by atoms with Gasteiger partial charge in [-0.15, -0.1) is 0 Å². The zero-order chi connectivity index (χ0) is 33.1. The lowest BCUT2D eigenvalue weighted by molar-refractivity contribution is -0.174. The van der Waals surface area contributed by atoms with Gasteiger partial charge in [0.05, 0.1) is 49.8 Å². The third-order valence-electron chi connectivity index (χ3n) is 13.7. The molecule has 1 heterocycles. The molecule has 254 valence electrons. The second-order valence-corrected chi connectivity index (χ2v) is 19.5. The van der Waals surface area contributed by atoms with Crippen molar-refractivity contribution >= 4 is 11.9 Å². The Bertz CT molecular complexity index is 1130. The van der Waals surface area contributed by atoms with E-state index in [2.05, 4.69) is 83.1 Å². The second kappa shape index (κ2) is 10.6. The summed E-state index contributed by atoms with van der Waals surface area (Å²) in [5.74, 6) is -1.87. The smallest absolute Gasteiger partial charge is 0.320 e. The highest BCUT2D eigenvalue weighted by Gasteiger charge is 2.70. The molecule has 5 fully saturated rings. The molecule has 0 aromatic rings. The summed E-state index contributed by atoms with van der Waals surface area (Å²) in [4.78, 5) is 26.7. The second-order valence-electron chi connectivity index (χ2n) is 19.5. The number of hydrogen-bond donors (Lipinski definition) is 0. The van der Waals surface area contributed by atoms with Crippen LogP contribution in [0.15, 0.2) is 12.2 Å². The molecule has 7 nitrogen and oxygen atoms in total. The lowest BCUT2D eigenvalue weighted by Crippen LogP contribution is -2.50. The molecule has 12 atom stereocenters. The minimum atomic E-state index is -0.734. The van der Waals surface area contributed by atoms with Gasteiger partial charge in [0.25, 0.3) is 0 Å². The average Bonchev–Trinajstić information content (AvgIpc) is 3.51. The first-order valence-corrected chi connectivity index (χ1v) is 17.6. The Labute approximate surface area is 271 Å². The number of fused-ring (bicyclic) bond motifs is 5. The fraction of sp³-hybridized carbons (Fsp3) is 0.895. The zero-order valence-corrected chi connectivity index (χ0v) is 30.0. The number of ether oxygens (including phenoxy) is 5. The van der Waals surface area contributed by atoms with Gasteiger partial charge in [0, 0.05) is 10.8 Å². The fourth-order valence-electron chi connectivity index (χ4n) is 10.3. The SMILES string of the molecule is CC(C)(C)CO[C@@H]1[C@H](O[C@H]2C=C[C@@H](O[C@@H]3[C@H]4CC[C@@](C)([C@@H]3OCC(C)(C)C)C4(C)C)[C@H]3C(=O)OC(=O)[C@H]32)[C@H]2CC[C@]1(C)C2(C)C. The van der Waals surface area contributed by atoms with Gasteiger partial charge >= 0.3 is 11.9 Å². The summed E-state index contributed by atoms with van der Waals surface area (Å²) in [7, 11) is 0. The Morgan fingerprint density at radius 1 is 0.667 bits per heavy atom. The van der Waals surface area contributed by atoms with E-state index in [0.29, 0.717) is 25.0 Å². The van der Waals surface area contributed by atoms with Crippen molar-refractivity contribution in [2.75, 3.05) is 13.2 Å². The third kappa shape index (κ3) is 5.11. The Kier molecular flexibility index (Phi) is 7.92. The number of rotatable bonds is 8. The average molecular weight is 629 g/mol. The van der Waals surface area contributed by atoms with E-state index in [-0.39, 0.29) is 56.9 Å². The lowest BCUT2D eigenvalue weighted by Gasteiger charge is -2.43. The summed E-state index contributed by atoms with van der Waals surface area (Å²) >= 11 is 0. The van der Waals surface area contributed by atoms with Crippen molar-refractivity contribution in [3.63, 3.8) is 0 Å². The highest BCUT2D eigenvalue weighted by Crippen LogP contribution is 2.69. The van der Waals surface area contributed by atoms with E-state index in [9.17, 15) is 9.59 Å². The predicted molar refractivity (Wildman–Crippen MR) is 172 cm³/mol. The van der Waals surface area contributed by atoms with Crippen LogP contribution in [0, 0.1) is 56.2 Å². The van der Waals surface area contributed by atoms with E-state index in [4.69, 9.17) is 23.7 Å². The Balaban J connectivity index is 1.26. The minimum Gasteiger partial charge on any atom is -0.393 e. The van der Waals surface area contributed by atoms with E-state index in [0.717, 1.165) is 25.7 Å². The van der Waals surface area contributed by atoms with Crippen LogP contribution in [0.25, 0.3) is 0 Å². The number of cyclic esters (lactones) is 2. The molecule has 0 N–H and O–H groups in total. The van der Waals surface area contributed by atoms with Gasteiger partial charge in [-0.2, -0.15) is 0 Å². The number of hydrogen-bond acceptors (Lipinski definition) is 7. The van der Waals surface area contributed by atoms with Crippen molar-refractivity contribution in [1.82, 2.24) is 0 Å². The Morgan fingerprint density at radius 2 is 1.02 bits per heavy atom. The maximum Gasteiger partial charge on any atom is 0.320 e. The van der Waals surface area contributed by atoms with E-state index in [1.165, 1.54) is 0 Å². The summed E-state index contributed by atoms with van der Waals surface area (Å²) in [6.45, 7) is 28.5. The molecule has 4 bridgehead atoms. The number of carbonyl (C=O) groups excluding carboxylic acids is 2. The lowest BCUT2D eigenvalue weighted by atomic mass is 9.70. The van der Waals surface area contributed by atoms with Gasteiger partial charge in [-0.3, -0.25) is 9.59 Å². The molecular formula is C38H60O7. The molecule has 4 saturated carbocycles. The maximum absolute atomic E-state index is 13.4. The topological polar surface area (TPSA) is 80.3 Å². The monoisotopic (exact) mass is 628 g/mol. The van der Waals surface area contributed by atoms with Crippen LogP contribution < -0.4 is 0 Å². The van der Waals surface area contributed by atoms with Crippen LogP contribution in [0.4, 0.5) is 0 Å². The van der Waals surface area contributed by atoms with E-state index >= 15 is 0 Å². The van der Waals surface area contributed by atoms with Gasteiger partial charge in [0.2, 0.25) is 0 Å². The molecule has 1 saturated heterocycles. The van der Waals surface area contributed by atoms with Crippen LogP contribution in [0.3, 0.4) is 0 Å². The van der Waals surface area contributed by atoms with E-state index in [1.54, 1.807) is 0 Å². The van der Waals surface area contributed by atoms with Crippen molar-refractivity contribution in [3.8, 4) is 0 Å². The molecule has 0 radical (unpaired) electrons. The molecule has 5 aliphatic carbocycles. The van der Waals surface area contributed by atoms with Gasteiger partial charge < -0.3 is 23.7 Å². The van der Waals surface area contributed by atoms with Gasteiger partial charge in [-0.05, 0) is 59.2 Å². The molecule has 1 aliphatic heterocycles. The molecule has 6 rings (SSSR count). The number of carbonyl (C=O) groups is 2. The number of esters is 2. The van der Waals surface area contributed by atoms with Crippen LogP contribution in [0.1, 0.15) is 109 Å². The highest BCUT2D eigenvalue weighted by molar-refractivity contribution is 5.97. The molecule has 6 aliphatic rings. The summed E-state index contributed by atoms with van der Waals surface area (Å²) in [6.07, 6.45) is 6.62. The standard InChI is InChI=1S/C38H60O7/c1-33(2,3)19-41-29-27(21-15-17-37(29,11)35(21,7)8)43-23-13-14-24(26-25(23)31(39)45-32(26)40)44-28-22-16-18-38(12,36(22,9)10)30(28)42-20-34(4,5)6/h13-14,21-30H,15-20H2,1-12H3/t21-,22-,23-,24+,25-,26+,27-,28-,29-,30-,37+,38+/m1/s1. The van der Waals surface area contributed by atoms with Crippen molar-refractivity contribution < 1.29 is 33.3 Å². The first-order chi connectivity index (χ1) is 20.6. The van der Waals surface area contributed by atoms with Crippen molar-refractivity contribution in [2.24, 2.45) is 56.2 Å². The maximum atomic E-state index is 13.4. The van der Waals surface area contributed by atoms with E-state index in [1.807, 2.05) is 12.2 Å². The van der Waals surface area contributed by atoms with Crippen LogP contribution in [0.5, 0.6) is 0 Å². The van der Waals surface area contributed by atoms with Gasteiger partial charge in [0.1, 0.15) is 11.8 Å². The van der Waals surface area contributed by atoms with Crippen LogP contribution >= 0.6 is 0 Å². The Hall–Kier alpha value is -1.28. The largest absolute Gasteiger partial charge is 0.393 e. The molecule has 0 amide bonds. The van der Waals surface area contributed by atoms with Crippen molar-refractivity contribution in [2.45, 2.75) is 145 Å².